The number of unbranched alkanes of at least 4 members (excludes halogenated alkanes) is 1. The Kier molecular flexibility index (Phi) is 40.8. The largest absolute Gasteiger partial charge is 0.357 e. The second-order valence-corrected chi connectivity index (χ2v) is 2.11. The molecule has 0 atom stereocenters. The van der Waals surface area contributed by atoms with E-state index in [0.717, 1.165) is 0 Å². The van der Waals surface area contributed by atoms with Crippen molar-refractivity contribution in [2.24, 2.45) is 0 Å². The van der Waals surface area contributed by atoms with Crippen molar-refractivity contribution in [2.45, 2.75) is 33.6 Å². The van der Waals surface area contributed by atoms with Crippen molar-refractivity contribution in [3.05, 3.63) is 12.3 Å². The first kappa shape index (κ1) is 23.0. The van der Waals surface area contributed by atoms with Crippen LogP contribution in [0.3, 0.4) is 0 Å². The Labute approximate surface area is 126 Å². The van der Waals surface area contributed by atoms with Crippen LogP contribution in [0.25, 0.3) is 0 Å². The molecule has 0 fully saturated rings. The Bertz CT molecular complexity index is 42.6. The summed E-state index contributed by atoms with van der Waals surface area (Å²) in [6, 6.07) is 0. The van der Waals surface area contributed by atoms with E-state index in [1.165, 1.54) is 18.8 Å². The van der Waals surface area contributed by atoms with E-state index in [1.54, 1.807) is 0 Å². The van der Waals surface area contributed by atoms with Gasteiger partial charge in [0.15, 0.2) is 0 Å². The smallest absolute Gasteiger partial charge is 0 e. The van der Waals surface area contributed by atoms with Crippen LogP contribution in [0.1, 0.15) is 33.6 Å². The van der Waals surface area contributed by atoms with Crippen molar-refractivity contribution in [1.82, 2.24) is 0 Å². The van der Waals surface area contributed by atoms with E-state index < -0.39 is 0 Å². The first-order valence-corrected chi connectivity index (χ1v) is 2.88. The summed E-state index contributed by atoms with van der Waals surface area (Å²) in [5.74, 6) is 1.50. The van der Waals surface area contributed by atoms with Gasteiger partial charge in [0.1, 0.15) is 0 Å². The average molecular weight is 476 g/mol. The summed E-state index contributed by atoms with van der Waals surface area (Å²) in [6.07, 6.45) is 4.68. The van der Waals surface area contributed by atoms with Crippen molar-refractivity contribution in [2.75, 3.05) is 0 Å². The van der Waals surface area contributed by atoms with Gasteiger partial charge < -0.3 is 18.8 Å². The Morgan fingerprint density at radius 3 is 1.80 bits per heavy atom. The summed E-state index contributed by atoms with van der Waals surface area (Å²) in [6.45, 7) is 6.49. The molecule has 10 heavy (non-hydrogen) atoms. The number of hydrogen-bond donors (Lipinski definition) is 0. The van der Waals surface area contributed by atoms with E-state index in [0.29, 0.717) is 0 Å². The van der Waals surface area contributed by atoms with Gasteiger partial charge in [0, 0.05) is 82.4 Å². The first-order chi connectivity index (χ1) is 3.27. The Morgan fingerprint density at radius 1 is 1.30 bits per heavy atom. The molecule has 0 aromatic carbocycles. The summed E-state index contributed by atoms with van der Waals surface area (Å²) in [5, 5.41) is 0. The second kappa shape index (κ2) is 17.7. The molecule has 0 aromatic rings. The van der Waals surface area contributed by atoms with Gasteiger partial charge in [0.25, 0.3) is 0 Å². The van der Waals surface area contributed by atoms with Crippen LogP contribution < -0.4 is 0 Å². The number of hydrogen-bond acceptors (Lipinski definition) is 0. The normalized spacial score (nSPS) is 7.20. The van der Waals surface area contributed by atoms with E-state index in [1.807, 2.05) is 0 Å². The molecular weight excluding hydrogens is 462 g/mol. The average Bonchev–Trinajstić information content (AvgIpc) is 1.61. The third kappa shape index (κ3) is 22.4. The van der Waals surface area contributed by atoms with Crippen molar-refractivity contribution < 1.29 is 82.4 Å². The Morgan fingerprint density at radius 2 is 1.70 bits per heavy atom. The van der Waals surface area contributed by atoms with E-state index >= 15 is 0 Å². The molecule has 0 aliphatic heterocycles. The van der Waals surface area contributed by atoms with Gasteiger partial charge in [0.05, 0.1) is 0 Å². The standard InChI is InChI=1S/C7H14.U.V.Y/c1-4-5-6-7(2)3;;;/h5H,4,6H2,1-3H3;;;/q-2;;;. The zero-order chi connectivity index (χ0) is 5.70. The zero-order valence-corrected chi connectivity index (χ0v) is 15.4. The van der Waals surface area contributed by atoms with Crippen molar-refractivity contribution in [1.29, 1.82) is 0 Å². The third-order valence-corrected chi connectivity index (χ3v) is 0.841. The van der Waals surface area contributed by atoms with Crippen LogP contribution in [0.2, 0.25) is 0 Å². The molecule has 0 N–H and O–H groups in total. The van der Waals surface area contributed by atoms with Crippen LogP contribution in [0.4, 0.5) is 0 Å². The van der Waals surface area contributed by atoms with Crippen LogP contribution in [0, 0.1) is 43.5 Å². The SMILES string of the molecule is CC[CH-]C[C-](C)C.[U].[V].[Y]. The predicted octanol–water partition coefficient (Wildman–Crippen LogP) is 2.60. The molecule has 0 unspecified atom stereocenters. The fourth-order valence-electron chi connectivity index (χ4n) is 0.433. The van der Waals surface area contributed by atoms with Gasteiger partial charge in [-0.15, -0.1) is 0 Å². The van der Waals surface area contributed by atoms with Crippen LogP contribution in [-0.2, 0) is 51.3 Å². The fraction of sp³-hybridized carbons (Fsp3) is 0.714. The van der Waals surface area contributed by atoms with E-state index in [9.17, 15) is 0 Å². The molecule has 0 aromatic heterocycles. The second-order valence-electron chi connectivity index (χ2n) is 2.11. The topological polar surface area (TPSA) is 0 Å². The summed E-state index contributed by atoms with van der Waals surface area (Å²) in [7, 11) is 0. The summed E-state index contributed by atoms with van der Waals surface area (Å²) in [5.41, 5.74) is 0. The van der Waals surface area contributed by atoms with Crippen LogP contribution >= 0.6 is 0 Å². The van der Waals surface area contributed by atoms with Gasteiger partial charge in [-0.25, -0.2) is 0 Å². The Balaban J connectivity index is -0.0000000600. The fourth-order valence-corrected chi connectivity index (χ4v) is 0.433. The van der Waals surface area contributed by atoms with Gasteiger partial charge in [-0.2, -0.15) is 20.3 Å². The molecule has 3 heteroatoms. The minimum atomic E-state index is 0. The first-order valence-electron chi connectivity index (χ1n) is 2.88. The molecule has 2 radical (unpaired) electrons. The molecule has 0 heterocycles. The van der Waals surface area contributed by atoms with Crippen LogP contribution in [-0.4, -0.2) is 0 Å². The maximum Gasteiger partial charge on any atom is 0 e. The molecule has 0 spiro atoms. The van der Waals surface area contributed by atoms with E-state index in [2.05, 4.69) is 27.2 Å². The maximum atomic E-state index is 2.29. The molecule has 0 amide bonds. The van der Waals surface area contributed by atoms with Crippen molar-refractivity contribution in [3.8, 4) is 0 Å². The van der Waals surface area contributed by atoms with Crippen molar-refractivity contribution >= 4 is 0 Å². The van der Waals surface area contributed by atoms with E-state index in [4.69, 9.17) is 0 Å². The van der Waals surface area contributed by atoms with Gasteiger partial charge >= 0.3 is 0 Å². The third-order valence-electron chi connectivity index (χ3n) is 0.841. The maximum absolute atomic E-state index is 2.29. The van der Waals surface area contributed by atoms with Gasteiger partial charge in [-0.05, 0) is 0 Å². The van der Waals surface area contributed by atoms with Gasteiger partial charge in [-0.1, -0.05) is 6.92 Å². The minimum absolute atomic E-state index is 0. The van der Waals surface area contributed by atoms with Crippen LogP contribution in [0.15, 0.2) is 0 Å². The summed E-state index contributed by atoms with van der Waals surface area (Å²) < 4.78 is 0. The van der Waals surface area contributed by atoms with Gasteiger partial charge in [0.2, 0.25) is 0 Å². The molecule has 0 rings (SSSR count). The van der Waals surface area contributed by atoms with Crippen molar-refractivity contribution in [3.63, 3.8) is 0 Å². The van der Waals surface area contributed by atoms with Gasteiger partial charge in [-0.3, -0.25) is 0 Å². The molecule has 0 bridgehead atoms. The van der Waals surface area contributed by atoms with E-state index in [-0.39, 0.29) is 82.4 Å². The molecule has 0 nitrogen and oxygen atoms in total. The van der Waals surface area contributed by atoms with Crippen LogP contribution in [0.5, 0.6) is 0 Å². The Hall–Kier alpha value is 2.74. The minimum Gasteiger partial charge on any atom is -0.357 e. The molecule has 0 saturated carbocycles. The quantitative estimate of drug-likeness (QED) is 0.550. The molecular formula is C7H14UVY-2. The molecule has 0 aliphatic rings. The molecule has 0 aliphatic carbocycles. The monoisotopic (exact) mass is 476 g/mol. The summed E-state index contributed by atoms with van der Waals surface area (Å²) >= 11 is 0. The predicted molar refractivity (Wildman–Crippen MR) is 33.8 cm³/mol. The number of rotatable bonds is 3. The summed E-state index contributed by atoms with van der Waals surface area (Å²) in [4.78, 5) is 0. The molecule has 56 valence electrons. The molecule has 0 saturated heterocycles. The zero-order valence-electron chi connectivity index (χ0n) is 7.02.